The molecule has 0 aliphatic rings. The first-order valence-electron chi connectivity index (χ1n) is 9.22. The Kier molecular flexibility index (Phi) is 7.77. The molecule has 0 radical (unpaired) electrons. The van der Waals surface area contributed by atoms with Crippen molar-refractivity contribution < 1.29 is 23.9 Å². The number of hydrogen-bond donors (Lipinski definition) is 1. The lowest BCUT2D eigenvalue weighted by atomic mass is 10.1. The first-order valence-corrected chi connectivity index (χ1v) is 9.22. The Morgan fingerprint density at radius 1 is 0.931 bits per heavy atom. The van der Waals surface area contributed by atoms with E-state index in [0.29, 0.717) is 35.8 Å². The number of ketones is 1. The summed E-state index contributed by atoms with van der Waals surface area (Å²) in [6.07, 6.45) is 0.188. The number of nitrogens with one attached hydrogen (secondary N) is 1. The monoisotopic (exact) mass is 398 g/mol. The van der Waals surface area contributed by atoms with E-state index in [0.717, 1.165) is 5.56 Å². The number of ether oxygens (including phenoxy) is 2. The van der Waals surface area contributed by atoms with Crippen molar-refractivity contribution in [2.75, 3.05) is 32.2 Å². The van der Waals surface area contributed by atoms with Crippen LogP contribution in [0.2, 0.25) is 0 Å². The number of Topliss-reactive ketones (excluding diaryl/α,β-unsaturated/α-hetero) is 1. The van der Waals surface area contributed by atoms with Crippen LogP contribution in [-0.2, 0) is 16.0 Å². The van der Waals surface area contributed by atoms with Gasteiger partial charge >= 0.3 is 0 Å². The number of anilines is 1. The van der Waals surface area contributed by atoms with Crippen molar-refractivity contribution >= 4 is 23.3 Å². The molecule has 0 saturated carbocycles. The molecule has 7 nitrogen and oxygen atoms in total. The smallest absolute Gasteiger partial charge is 0.224 e. The standard InChI is InChI=1S/C22H26N2O5/c1-15(25)18-6-8-19(9-7-18)24(16(2)26)12-11-23-22(27)14-17-5-10-20(28-3)21(13-17)29-4/h5-10,13H,11-12,14H2,1-4H3,(H,23,27). The predicted octanol–water partition coefficient (Wildman–Crippen LogP) is 2.62. The van der Waals surface area contributed by atoms with E-state index in [2.05, 4.69) is 5.32 Å². The molecular formula is C22H26N2O5. The largest absolute Gasteiger partial charge is 0.493 e. The summed E-state index contributed by atoms with van der Waals surface area (Å²) >= 11 is 0. The molecule has 154 valence electrons. The van der Waals surface area contributed by atoms with Crippen molar-refractivity contribution in [3.05, 3.63) is 53.6 Å². The summed E-state index contributed by atoms with van der Waals surface area (Å²) in [6, 6.07) is 12.1. The maximum absolute atomic E-state index is 12.2. The average molecular weight is 398 g/mol. The number of rotatable bonds is 9. The summed E-state index contributed by atoms with van der Waals surface area (Å²) in [5.74, 6) is 0.829. The minimum absolute atomic E-state index is 0.0339. The zero-order chi connectivity index (χ0) is 21.4. The van der Waals surface area contributed by atoms with E-state index in [1.54, 1.807) is 61.6 Å². The van der Waals surface area contributed by atoms with Crippen molar-refractivity contribution in [2.24, 2.45) is 0 Å². The number of carbonyl (C=O) groups excluding carboxylic acids is 3. The lowest BCUT2D eigenvalue weighted by molar-refractivity contribution is -0.121. The number of carbonyl (C=O) groups is 3. The van der Waals surface area contributed by atoms with Gasteiger partial charge in [-0.2, -0.15) is 0 Å². The highest BCUT2D eigenvalue weighted by Gasteiger charge is 2.13. The minimum atomic E-state index is -0.160. The summed E-state index contributed by atoms with van der Waals surface area (Å²) in [6.45, 7) is 3.59. The van der Waals surface area contributed by atoms with E-state index >= 15 is 0 Å². The van der Waals surface area contributed by atoms with E-state index in [9.17, 15) is 14.4 Å². The number of methoxy groups -OCH3 is 2. The molecule has 2 aromatic rings. The predicted molar refractivity (Wildman–Crippen MR) is 111 cm³/mol. The van der Waals surface area contributed by atoms with Gasteiger partial charge in [-0.15, -0.1) is 0 Å². The highest BCUT2D eigenvalue weighted by molar-refractivity contribution is 5.96. The van der Waals surface area contributed by atoms with Crippen LogP contribution in [0, 0.1) is 0 Å². The molecule has 0 aromatic heterocycles. The van der Waals surface area contributed by atoms with Gasteiger partial charge in [-0.1, -0.05) is 6.07 Å². The second-order valence-corrected chi connectivity index (χ2v) is 6.49. The van der Waals surface area contributed by atoms with Crippen molar-refractivity contribution in [3.63, 3.8) is 0 Å². The van der Waals surface area contributed by atoms with Gasteiger partial charge in [0.15, 0.2) is 17.3 Å². The molecule has 0 atom stereocenters. The fourth-order valence-corrected chi connectivity index (χ4v) is 2.89. The van der Waals surface area contributed by atoms with Crippen LogP contribution < -0.4 is 19.7 Å². The fraction of sp³-hybridized carbons (Fsp3) is 0.318. The van der Waals surface area contributed by atoms with Crippen LogP contribution >= 0.6 is 0 Å². The Morgan fingerprint density at radius 3 is 2.14 bits per heavy atom. The zero-order valence-electron chi connectivity index (χ0n) is 17.2. The Labute approximate surface area is 170 Å². The summed E-state index contributed by atoms with van der Waals surface area (Å²) in [4.78, 5) is 37.2. The lowest BCUT2D eigenvalue weighted by Gasteiger charge is -2.21. The third-order valence-corrected chi connectivity index (χ3v) is 4.44. The second kappa shape index (κ2) is 10.3. The van der Waals surface area contributed by atoms with Gasteiger partial charge in [0.25, 0.3) is 0 Å². The van der Waals surface area contributed by atoms with Gasteiger partial charge < -0.3 is 19.7 Å². The Balaban J connectivity index is 1.93. The minimum Gasteiger partial charge on any atom is -0.493 e. The number of benzene rings is 2. The highest BCUT2D eigenvalue weighted by Crippen LogP contribution is 2.27. The molecule has 2 aromatic carbocycles. The number of amides is 2. The Bertz CT molecular complexity index is 877. The summed E-state index contributed by atoms with van der Waals surface area (Å²) < 4.78 is 10.4. The van der Waals surface area contributed by atoms with Gasteiger partial charge in [0, 0.05) is 31.3 Å². The van der Waals surface area contributed by atoms with E-state index < -0.39 is 0 Å². The third kappa shape index (κ3) is 6.07. The van der Waals surface area contributed by atoms with E-state index in [4.69, 9.17) is 9.47 Å². The quantitative estimate of drug-likeness (QED) is 0.657. The summed E-state index contributed by atoms with van der Waals surface area (Å²) in [7, 11) is 3.10. The van der Waals surface area contributed by atoms with Crippen molar-refractivity contribution in [1.29, 1.82) is 0 Å². The molecule has 2 rings (SSSR count). The first kappa shape index (κ1) is 21.9. The molecule has 0 bridgehead atoms. The average Bonchev–Trinajstić information content (AvgIpc) is 2.70. The van der Waals surface area contributed by atoms with Crippen LogP contribution in [0.5, 0.6) is 11.5 Å². The van der Waals surface area contributed by atoms with Crippen LogP contribution in [0.25, 0.3) is 0 Å². The maximum atomic E-state index is 12.2. The van der Waals surface area contributed by atoms with E-state index in [1.807, 2.05) is 0 Å². The van der Waals surface area contributed by atoms with Crippen LogP contribution in [0.15, 0.2) is 42.5 Å². The SMILES string of the molecule is COc1ccc(CC(=O)NCCN(C(C)=O)c2ccc(C(C)=O)cc2)cc1OC. The molecule has 0 aliphatic heterocycles. The highest BCUT2D eigenvalue weighted by atomic mass is 16.5. The second-order valence-electron chi connectivity index (χ2n) is 6.49. The van der Waals surface area contributed by atoms with Crippen LogP contribution in [0.4, 0.5) is 5.69 Å². The summed E-state index contributed by atoms with van der Waals surface area (Å²) in [5.41, 5.74) is 2.06. The first-order chi connectivity index (χ1) is 13.8. The molecule has 0 fully saturated rings. The summed E-state index contributed by atoms with van der Waals surface area (Å²) in [5, 5.41) is 2.82. The molecule has 0 saturated heterocycles. The molecule has 1 N–H and O–H groups in total. The van der Waals surface area contributed by atoms with Crippen molar-refractivity contribution in [1.82, 2.24) is 5.32 Å². The fourth-order valence-electron chi connectivity index (χ4n) is 2.89. The van der Waals surface area contributed by atoms with Crippen molar-refractivity contribution in [3.8, 4) is 11.5 Å². The van der Waals surface area contributed by atoms with Gasteiger partial charge in [-0.3, -0.25) is 14.4 Å². The number of nitrogens with zero attached hydrogens (tertiary/aromatic N) is 1. The van der Waals surface area contributed by atoms with Gasteiger partial charge in [0.2, 0.25) is 11.8 Å². The van der Waals surface area contributed by atoms with Crippen LogP contribution in [0.1, 0.15) is 29.8 Å². The molecule has 29 heavy (non-hydrogen) atoms. The topological polar surface area (TPSA) is 84.9 Å². The molecule has 7 heteroatoms. The van der Waals surface area contributed by atoms with Gasteiger partial charge in [-0.25, -0.2) is 0 Å². The lowest BCUT2D eigenvalue weighted by Crippen LogP contribution is -2.38. The van der Waals surface area contributed by atoms with E-state index in [-0.39, 0.29) is 24.0 Å². The molecule has 0 heterocycles. The Hall–Kier alpha value is -3.35. The van der Waals surface area contributed by atoms with Crippen molar-refractivity contribution in [2.45, 2.75) is 20.3 Å². The van der Waals surface area contributed by atoms with Gasteiger partial charge in [0.05, 0.1) is 20.6 Å². The maximum Gasteiger partial charge on any atom is 0.224 e. The molecule has 0 spiro atoms. The van der Waals surface area contributed by atoms with Crippen LogP contribution in [0.3, 0.4) is 0 Å². The van der Waals surface area contributed by atoms with E-state index in [1.165, 1.54) is 13.8 Å². The third-order valence-electron chi connectivity index (χ3n) is 4.44. The zero-order valence-corrected chi connectivity index (χ0v) is 17.2. The molecular weight excluding hydrogens is 372 g/mol. The van der Waals surface area contributed by atoms with Crippen LogP contribution in [-0.4, -0.2) is 44.9 Å². The van der Waals surface area contributed by atoms with Gasteiger partial charge in [-0.05, 0) is 48.9 Å². The molecule has 0 aliphatic carbocycles. The number of hydrogen-bond acceptors (Lipinski definition) is 5. The normalized spacial score (nSPS) is 10.2. The van der Waals surface area contributed by atoms with Gasteiger partial charge in [0.1, 0.15) is 0 Å². The molecule has 0 unspecified atom stereocenters. The Morgan fingerprint density at radius 2 is 1.59 bits per heavy atom. The molecule has 2 amide bonds.